The van der Waals surface area contributed by atoms with Crippen molar-refractivity contribution >= 4 is 11.4 Å². The molecule has 1 aliphatic heterocycles. The van der Waals surface area contributed by atoms with Crippen LogP contribution in [-0.4, -0.2) is 43.0 Å². The smallest absolute Gasteiger partial charge is 0.308 e. The molecule has 1 aromatic carbocycles. The Bertz CT molecular complexity index is 474. The van der Waals surface area contributed by atoms with Crippen LogP contribution in [0.3, 0.4) is 0 Å². The lowest BCUT2D eigenvalue weighted by molar-refractivity contribution is -0.387. The molecular weight excluding hydrogens is 244 g/mol. The fourth-order valence-electron chi connectivity index (χ4n) is 1.96. The third-order valence-electron chi connectivity index (χ3n) is 3.08. The van der Waals surface area contributed by atoms with Gasteiger partial charge in [-0.05, 0) is 13.1 Å². The zero-order valence-electron chi connectivity index (χ0n) is 9.90. The Kier molecular flexibility index (Phi) is 3.42. The highest BCUT2D eigenvalue weighted by Crippen LogP contribution is 2.28. The average Bonchev–Trinajstić information content (AvgIpc) is 2.33. The van der Waals surface area contributed by atoms with E-state index in [0.29, 0.717) is 13.1 Å². The van der Waals surface area contributed by atoms with Gasteiger partial charge < -0.3 is 9.80 Å². The number of hydrogen-bond acceptors (Lipinski definition) is 4. The molecule has 0 unspecified atom stereocenters. The Balaban J connectivity index is 2.30. The van der Waals surface area contributed by atoms with Gasteiger partial charge in [0.15, 0.2) is 5.82 Å². The number of benzene rings is 1. The highest BCUT2D eigenvalue weighted by atomic mass is 19.2. The van der Waals surface area contributed by atoms with Crippen LogP contribution in [0.5, 0.6) is 0 Å². The van der Waals surface area contributed by atoms with Crippen molar-refractivity contribution in [3.63, 3.8) is 0 Å². The van der Waals surface area contributed by atoms with E-state index in [2.05, 4.69) is 4.90 Å². The molecule has 98 valence electrons. The predicted molar refractivity (Wildman–Crippen MR) is 62.7 cm³/mol. The third kappa shape index (κ3) is 2.26. The van der Waals surface area contributed by atoms with Crippen LogP contribution in [0, 0.1) is 21.7 Å². The fraction of sp³-hybridized carbons (Fsp3) is 0.455. The van der Waals surface area contributed by atoms with Crippen LogP contribution < -0.4 is 4.90 Å². The average molecular weight is 257 g/mol. The molecule has 0 saturated carbocycles. The summed E-state index contributed by atoms with van der Waals surface area (Å²) in [7, 11) is 1.95. The summed E-state index contributed by atoms with van der Waals surface area (Å²) in [6.45, 7) is 2.64. The second-order valence-corrected chi connectivity index (χ2v) is 4.28. The molecule has 1 saturated heterocycles. The second-order valence-electron chi connectivity index (χ2n) is 4.28. The van der Waals surface area contributed by atoms with Crippen molar-refractivity contribution in [3.05, 3.63) is 33.9 Å². The molecule has 0 aliphatic carbocycles. The van der Waals surface area contributed by atoms with Crippen molar-refractivity contribution in [1.29, 1.82) is 0 Å². The van der Waals surface area contributed by atoms with E-state index in [0.717, 1.165) is 19.2 Å². The molecule has 1 heterocycles. The number of nitrogens with zero attached hydrogens (tertiary/aromatic N) is 3. The van der Waals surface area contributed by atoms with Gasteiger partial charge in [-0.25, -0.2) is 4.39 Å². The lowest BCUT2D eigenvalue weighted by Crippen LogP contribution is -2.44. The minimum Gasteiger partial charge on any atom is -0.367 e. The van der Waals surface area contributed by atoms with Crippen LogP contribution >= 0.6 is 0 Å². The molecule has 0 radical (unpaired) electrons. The van der Waals surface area contributed by atoms with E-state index in [9.17, 15) is 18.9 Å². The van der Waals surface area contributed by atoms with Gasteiger partial charge >= 0.3 is 5.69 Å². The van der Waals surface area contributed by atoms with Crippen molar-refractivity contribution in [1.82, 2.24) is 4.90 Å². The summed E-state index contributed by atoms with van der Waals surface area (Å²) in [5.41, 5.74) is -0.739. The van der Waals surface area contributed by atoms with Crippen LogP contribution in [0.1, 0.15) is 0 Å². The molecule has 0 atom stereocenters. The predicted octanol–water partition coefficient (Wildman–Crippen LogP) is 1.62. The number of likely N-dealkylation sites (N-methyl/N-ethyl adjacent to an activating group) is 1. The van der Waals surface area contributed by atoms with Gasteiger partial charge in [0.1, 0.15) is 0 Å². The number of nitro benzene ring substituents is 1. The standard InChI is InChI=1S/C11H13F2N3O2/c1-14-4-6-15(7-5-14)8-2-3-9(16(17)18)11(13)10(8)12/h2-3H,4-7H2,1H3. The maximum atomic E-state index is 13.8. The monoisotopic (exact) mass is 257 g/mol. The molecule has 0 spiro atoms. The normalized spacial score (nSPS) is 16.9. The SMILES string of the molecule is CN1CCN(c2ccc([N+](=O)[O-])c(F)c2F)CC1. The van der Waals surface area contributed by atoms with Gasteiger partial charge in [-0.15, -0.1) is 0 Å². The number of piperazine rings is 1. The summed E-state index contributed by atoms with van der Waals surface area (Å²) >= 11 is 0. The molecule has 18 heavy (non-hydrogen) atoms. The van der Waals surface area contributed by atoms with E-state index in [1.807, 2.05) is 7.05 Å². The number of hydrogen-bond donors (Lipinski definition) is 0. The van der Waals surface area contributed by atoms with E-state index in [1.54, 1.807) is 4.90 Å². The van der Waals surface area contributed by atoms with Gasteiger partial charge in [0.2, 0.25) is 5.82 Å². The highest BCUT2D eigenvalue weighted by molar-refractivity contribution is 5.53. The lowest BCUT2D eigenvalue weighted by atomic mass is 10.2. The van der Waals surface area contributed by atoms with Crippen LogP contribution in [0.15, 0.2) is 12.1 Å². The van der Waals surface area contributed by atoms with Gasteiger partial charge in [0.05, 0.1) is 10.6 Å². The molecule has 5 nitrogen and oxygen atoms in total. The Labute approximate surface area is 103 Å². The van der Waals surface area contributed by atoms with E-state index < -0.39 is 22.2 Å². The maximum Gasteiger partial charge on any atom is 0.308 e. The Morgan fingerprint density at radius 2 is 1.78 bits per heavy atom. The van der Waals surface area contributed by atoms with Crippen molar-refractivity contribution in [2.75, 3.05) is 38.1 Å². The topological polar surface area (TPSA) is 49.6 Å². The summed E-state index contributed by atoms with van der Waals surface area (Å²) in [5, 5.41) is 10.5. The van der Waals surface area contributed by atoms with Gasteiger partial charge in [-0.2, -0.15) is 4.39 Å². The first-order valence-electron chi connectivity index (χ1n) is 5.56. The summed E-state index contributed by atoms with van der Waals surface area (Å²) in [4.78, 5) is 13.3. The van der Waals surface area contributed by atoms with Gasteiger partial charge in [-0.1, -0.05) is 0 Å². The molecule has 0 bridgehead atoms. The molecule has 1 fully saturated rings. The van der Waals surface area contributed by atoms with Gasteiger partial charge in [0.25, 0.3) is 0 Å². The first-order chi connectivity index (χ1) is 8.50. The van der Waals surface area contributed by atoms with Crippen LogP contribution in [0.2, 0.25) is 0 Å². The molecule has 1 aliphatic rings. The molecule has 0 amide bonds. The van der Waals surface area contributed by atoms with E-state index >= 15 is 0 Å². The zero-order chi connectivity index (χ0) is 13.3. The maximum absolute atomic E-state index is 13.8. The Morgan fingerprint density at radius 1 is 1.17 bits per heavy atom. The first kappa shape index (κ1) is 12.7. The first-order valence-corrected chi connectivity index (χ1v) is 5.56. The van der Waals surface area contributed by atoms with Crippen LogP contribution in [0.25, 0.3) is 0 Å². The summed E-state index contributed by atoms with van der Waals surface area (Å²) in [6.07, 6.45) is 0. The Morgan fingerprint density at radius 3 is 2.33 bits per heavy atom. The molecule has 0 N–H and O–H groups in total. The molecule has 7 heteroatoms. The van der Waals surface area contributed by atoms with Crippen molar-refractivity contribution < 1.29 is 13.7 Å². The largest absolute Gasteiger partial charge is 0.367 e. The molecule has 2 rings (SSSR count). The minimum absolute atomic E-state index is 0.0891. The third-order valence-corrected chi connectivity index (χ3v) is 3.08. The summed E-state index contributed by atoms with van der Waals surface area (Å²) in [6, 6.07) is 2.27. The van der Waals surface area contributed by atoms with Gasteiger partial charge in [0, 0.05) is 32.2 Å². The van der Waals surface area contributed by atoms with Crippen molar-refractivity contribution in [3.8, 4) is 0 Å². The number of anilines is 1. The molecule has 0 aromatic heterocycles. The zero-order valence-corrected chi connectivity index (χ0v) is 9.90. The van der Waals surface area contributed by atoms with Crippen LogP contribution in [0.4, 0.5) is 20.2 Å². The van der Waals surface area contributed by atoms with Crippen LogP contribution in [-0.2, 0) is 0 Å². The van der Waals surface area contributed by atoms with E-state index in [-0.39, 0.29) is 5.69 Å². The summed E-state index contributed by atoms with van der Waals surface area (Å²) < 4.78 is 27.3. The minimum atomic E-state index is -1.39. The lowest BCUT2D eigenvalue weighted by Gasteiger charge is -2.34. The second kappa shape index (κ2) is 4.85. The highest BCUT2D eigenvalue weighted by Gasteiger charge is 2.25. The summed E-state index contributed by atoms with van der Waals surface area (Å²) in [5.74, 6) is -2.54. The molecular formula is C11H13F2N3O2. The fourth-order valence-corrected chi connectivity index (χ4v) is 1.96. The van der Waals surface area contributed by atoms with Gasteiger partial charge in [-0.3, -0.25) is 10.1 Å². The number of halogens is 2. The van der Waals surface area contributed by atoms with E-state index in [1.165, 1.54) is 6.07 Å². The number of rotatable bonds is 2. The Hall–Kier alpha value is -1.76. The quantitative estimate of drug-likeness (QED) is 0.596. The molecule has 1 aromatic rings. The van der Waals surface area contributed by atoms with Crippen molar-refractivity contribution in [2.45, 2.75) is 0 Å². The number of nitro groups is 1. The van der Waals surface area contributed by atoms with Crippen molar-refractivity contribution in [2.24, 2.45) is 0 Å². The van der Waals surface area contributed by atoms with E-state index in [4.69, 9.17) is 0 Å².